The molecule has 3 amide bonds. The molecule has 0 fully saturated rings. The lowest BCUT2D eigenvalue weighted by Gasteiger charge is -2.10. The lowest BCUT2D eigenvalue weighted by atomic mass is 10.1. The second kappa shape index (κ2) is 8.54. The fourth-order valence-electron chi connectivity index (χ4n) is 2.55. The van der Waals surface area contributed by atoms with Crippen molar-refractivity contribution in [2.24, 2.45) is 5.73 Å². The number of amides is 3. The van der Waals surface area contributed by atoms with Crippen LogP contribution in [0, 0.1) is 6.92 Å². The Labute approximate surface area is 160 Å². The van der Waals surface area contributed by atoms with Crippen molar-refractivity contribution in [1.29, 1.82) is 0 Å². The first-order valence-corrected chi connectivity index (χ1v) is 9.27. The van der Waals surface area contributed by atoms with Gasteiger partial charge >= 0.3 is 6.03 Å². The van der Waals surface area contributed by atoms with Crippen LogP contribution in [0.5, 0.6) is 0 Å². The van der Waals surface area contributed by atoms with E-state index in [2.05, 4.69) is 10.2 Å². The summed E-state index contributed by atoms with van der Waals surface area (Å²) in [7, 11) is 0. The molecule has 9 heteroatoms. The summed E-state index contributed by atoms with van der Waals surface area (Å²) in [4.78, 5) is 22.3. The number of thioether (sulfide) groups is 1. The number of rotatable bonds is 7. The maximum atomic E-state index is 11.6. The highest BCUT2D eigenvalue weighted by atomic mass is 32.2. The molecule has 0 bridgehead atoms. The summed E-state index contributed by atoms with van der Waals surface area (Å²) in [5, 5.41) is 11.3. The summed E-state index contributed by atoms with van der Waals surface area (Å²) in [6.45, 7) is 2.49. The third-order valence-electron chi connectivity index (χ3n) is 3.82. The van der Waals surface area contributed by atoms with Crippen molar-refractivity contribution in [2.75, 3.05) is 5.75 Å². The van der Waals surface area contributed by atoms with Gasteiger partial charge in [0.05, 0.1) is 12.8 Å². The molecule has 2 heterocycles. The number of hydrogen-bond acceptors (Lipinski definition) is 6. The number of hydrogen-bond donors (Lipinski definition) is 2. The normalized spacial score (nSPS) is 10.7. The number of nitrogens with two attached hydrogens (primary N) is 1. The van der Waals surface area contributed by atoms with Gasteiger partial charge in [0, 0.05) is 17.7 Å². The Kier molecular flexibility index (Phi) is 5.92. The fourth-order valence-corrected chi connectivity index (χ4v) is 3.43. The molecule has 0 radical (unpaired) electrons. The zero-order chi connectivity index (χ0) is 19.2. The van der Waals surface area contributed by atoms with Gasteiger partial charge in [-0.2, -0.15) is 0 Å². The molecule has 140 valence electrons. The van der Waals surface area contributed by atoms with E-state index in [-0.39, 0.29) is 6.42 Å². The van der Waals surface area contributed by atoms with E-state index in [0.29, 0.717) is 17.5 Å². The van der Waals surface area contributed by atoms with Crippen LogP contribution in [0.1, 0.15) is 17.7 Å². The van der Waals surface area contributed by atoms with Crippen molar-refractivity contribution in [3.05, 3.63) is 54.0 Å². The Morgan fingerprint density at radius 3 is 2.74 bits per heavy atom. The zero-order valence-corrected chi connectivity index (χ0v) is 15.5. The van der Waals surface area contributed by atoms with Gasteiger partial charge in [-0.1, -0.05) is 36.0 Å². The summed E-state index contributed by atoms with van der Waals surface area (Å²) in [5.41, 5.74) is 7.01. The number of aromatic nitrogens is 3. The van der Waals surface area contributed by atoms with Gasteiger partial charge in [-0.25, -0.2) is 4.79 Å². The van der Waals surface area contributed by atoms with Crippen LogP contribution in [0.2, 0.25) is 0 Å². The highest BCUT2D eigenvalue weighted by molar-refractivity contribution is 7.99. The molecule has 2 aromatic heterocycles. The minimum Gasteiger partial charge on any atom is -0.467 e. The van der Waals surface area contributed by atoms with Crippen LogP contribution < -0.4 is 11.1 Å². The number of benzene rings is 1. The minimum atomic E-state index is -0.854. The minimum absolute atomic E-state index is 0.140. The Hall–Kier alpha value is -3.07. The first-order chi connectivity index (χ1) is 13.0. The van der Waals surface area contributed by atoms with E-state index >= 15 is 0 Å². The topological polar surface area (TPSA) is 116 Å². The summed E-state index contributed by atoms with van der Waals surface area (Å²) < 4.78 is 7.42. The van der Waals surface area contributed by atoms with Crippen LogP contribution in [-0.2, 0) is 11.3 Å². The molecule has 0 aliphatic heterocycles. The quantitative estimate of drug-likeness (QED) is 0.604. The van der Waals surface area contributed by atoms with Gasteiger partial charge in [-0.3, -0.25) is 14.7 Å². The summed E-state index contributed by atoms with van der Waals surface area (Å²) >= 11 is 1.38. The van der Waals surface area contributed by atoms with Gasteiger partial charge in [0.15, 0.2) is 11.0 Å². The standard InChI is InChI=1S/C18H19N5O3S/c1-12-5-2-3-7-14(12)16-21-22-18(23(16)11-13-6-4-9-26-13)27-10-8-15(24)20-17(19)25/h2-7,9H,8,10-11H2,1H3,(H3,19,20,24,25). The fraction of sp³-hybridized carbons (Fsp3) is 0.222. The van der Waals surface area contributed by atoms with Crippen molar-refractivity contribution >= 4 is 23.7 Å². The highest BCUT2D eigenvalue weighted by Crippen LogP contribution is 2.27. The Morgan fingerprint density at radius 2 is 2.04 bits per heavy atom. The lowest BCUT2D eigenvalue weighted by molar-refractivity contribution is -0.119. The Morgan fingerprint density at radius 1 is 1.22 bits per heavy atom. The molecule has 3 N–H and O–H groups in total. The number of furan rings is 1. The first kappa shape index (κ1) is 18.7. The molecular formula is C18H19N5O3S. The van der Waals surface area contributed by atoms with Crippen LogP contribution in [0.4, 0.5) is 4.79 Å². The van der Waals surface area contributed by atoms with Gasteiger partial charge in [-0.15, -0.1) is 10.2 Å². The monoisotopic (exact) mass is 385 g/mol. The van der Waals surface area contributed by atoms with Crippen LogP contribution in [0.15, 0.2) is 52.2 Å². The van der Waals surface area contributed by atoms with Gasteiger partial charge < -0.3 is 10.2 Å². The van der Waals surface area contributed by atoms with E-state index in [9.17, 15) is 9.59 Å². The van der Waals surface area contributed by atoms with E-state index in [1.54, 1.807) is 6.26 Å². The molecule has 27 heavy (non-hydrogen) atoms. The van der Waals surface area contributed by atoms with Crippen molar-refractivity contribution in [2.45, 2.75) is 25.0 Å². The average Bonchev–Trinajstić information content (AvgIpc) is 3.26. The van der Waals surface area contributed by atoms with Crippen molar-refractivity contribution in [1.82, 2.24) is 20.1 Å². The van der Waals surface area contributed by atoms with Crippen LogP contribution in [0.25, 0.3) is 11.4 Å². The van der Waals surface area contributed by atoms with Crippen LogP contribution >= 0.6 is 11.8 Å². The van der Waals surface area contributed by atoms with E-state index < -0.39 is 11.9 Å². The zero-order valence-electron chi connectivity index (χ0n) is 14.7. The molecule has 0 unspecified atom stereocenters. The van der Waals surface area contributed by atoms with E-state index in [1.165, 1.54) is 11.8 Å². The highest BCUT2D eigenvalue weighted by Gasteiger charge is 2.17. The van der Waals surface area contributed by atoms with E-state index in [4.69, 9.17) is 10.2 Å². The molecule has 1 aromatic carbocycles. The molecule has 8 nitrogen and oxygen atoms in total. The van der Waals surface area contributed by atoms with Gasteiger partial charge in [0.25, 0.3) is 0 Å². The third-order valence-corrected chi connectivity index (χ3v) is 4.79. The molecule has 3 rings (SSSR count). The first-order valence-electron chi connectivity index (χ1n) is 8.28. The van der Waals surface area contributed by atoms with Gasteiger partial charge in [-0.05, 0) is 24.6 Å². The Balaban J connectivity index is 1.82. The van der Waals surface area contributed by atoms with E-state index in [0.717, 1.165) is 22.7 Å². The smallest absolute Gasteiger partial charge is 0.318 e. The number of nitrogens with zero attached hydrogens (tertiary/aromatic N) is 3. The molecule has 0 atom stereocenters. The lowest BCUT2D eigenvalue weighted by Crippen LogP contribution is -2.35. The summed E-state index contributed by atoms with van der Waals surface area (Å²) in [5.74, 6) is 1.51. The maximum absolute atomic E-state index is 11.6. The molecule has 0 saturated carbocycles. The molecule has 0 saturated heterocycles. The largest absolute Gasteiger partial charge is 0.467 e. The van der Waals surface area contributed by atoms with E-state index in [1.807, 2.05) is 53.2 Å². The maximum Gasteiger partial charge on any atom is 0.318 e. The molecule has 0 aliphatic carbocycles. The second-order valence-corrected chi connectivity index (χ2v) is 6.86. The van der Waals surface area contributed by atoms with Crippen LogP contribution in [-0.4, -0.2) is 32.5 Å². The molecule has 0 aliphatic rings. The number of nitrogens with one attached hydrogen (secondary N) is 1. The van der Waals surface area contributed by atoms with Gasteiger partial charge in [0.2, 0.25) is 5.91 Å². The van der Waals surface area contributed by atoms with Crippen LogP contribution in [0.3, 0.4) is 0 Å². The molecular weight excluding hydrogens is 366 g/mol. The van der Waals surface area contributed by atoms with Gasteiger partial charge in [0.1, 0.15) is 5.76 Å². The average molecular weight is 385 g/mol. The predicted molar refractivity (Wildman–Crippen MR) is 101 cm³/mol. The molecule has 0 spiro atoms. The van der Waals surface area contributed by atoms with Crippen molar-refractivity contribution < 1.29 is 14.0 Å². The SMILES string of the molecule is Cc1ccccc1-c1nnc(SCCC(=O)NC(N)=O)n1Cc1ccco1. The predicted octanol–water partition coefficient (Wildman–Crippen LogP) is 2.57. The Bertz CT molecular complexity index is 936. The second-order valence-electron chi connectivity index (χ2n) is 5.80. The summed E-state index contributed by atoms with van der Waals surface area (Å²) in [6, 6.07) is 10.8. The number of urea groups is 1. The number of aryl methyl sites for hydroxylation is 1. The number of carbonyl (C=O) groups is 2. The number of carbonyl (C=O) groups excluding carboxylic acids is 2. The van der Waals surface area contributed by atoms with Crippen molar-refractivity contribution in [3.8, 4) is 11.4 Å². The number of imide groups is 1. The van der Waals surface area contributed by atoms with Crippen molar-refractivity contribution in [3.63, 3.8) is 0 Å². The summed E-state index contributed by atoms with van der Waals surface area (Å²) in [6.07, 6.45) is 1.76. The third kappa shape index (κ3) is 4.76. The number of primary amides is 1. The molecule has 3 aromatic rings.